The van der Waals surface area contributed by atoms with Crippen molar-refractivity contribution < 1.29 is 5.11 Å². The third-order valence-corrected chi connectivity index (χ3v) is 4.63. The van der Waals surface area contributed by atoms with Crippen molar-refractivity contribution in [2.75, 3.05) is 6.54 Å². The van der Waals surface area contributed by atoms with Gasteiger partial charge in [-0.05, 0) is 12.1 Å². The van der Waals surface area contributed by atoms with Crippen molar-refractivity contribution in [1.82, 2.24) is 14.5 Å². The molecule has 6 heteroatoms. The molecule has 3 aromatic rings. The minimum atomic E-state index is -0.610. The Hall–Kier alpha value is -3.25. The van der Waals surface area contributed by atoms with Gasteiger partial charge in [0.05, 0.1) is 0 Å². The summed E-state index contributed by atoms with van der Waals surface area (Å²) in [5.74, 6) is 2.23. The number of hydrogen-bond acceptors (Lipinski definition) is 5. The Kier molecular flexibility index (Phi) is 3.43. The van der Waals surface area contributed by atoms with Gasteiger partial charge in [-0.1, -0.05) is 48.5 Å². The molecule has 2 aliphatic rings. The fourth-order valence-electron chi connectivity index (χ4n) is 3.38. The number of para-hydroxylation sites is 1. The zero-order valence-corrected chi connectivity index (χ0v) is 14.0. The van der Waals surface area contributed by atoms with E-state index in [2.05, 4.69) is 9.98 Å². The lowest BCUT2D eigenvalue weighted by molar-refractivity contribution is 0.0845. The lowest BCUT2D eigenvalue weighted by Crippen LogP contribution is -2.44. The Balaban J connectivity index is 1.78. The number of amidine groups is 1. The molecule has 0 aliphatic carbocycles. The quantitative estimate of drug-likeness (QED) is 0.778. The molecule has 128 valence electrons. The highest BCUT2D eigenvalue weighted by molar-refractivity contribution is 6.10. The van der Waals surface area contributed by atoms with Crippen molar-refractivity contribution in [1.29, 1.82) is 0 Å². The Morgan fingerprint density at radius 2 is 1.69 bits per heavy atom. The largest absolute Gasteiger partial charge is 0.373 e. The Labute approximate surface area is 150 Å². The third-order valence-electron chi connectivity index (χ3n) is 4.63. The van der Waals surface area contributed by atoms with E-state index in [9.17, 15) is 5.11 Å². The number of aliphatic hydroxyl groups excluding tert-OH is 1. The first kappa shape index (κ1) is 15.0. The number of benzene rings is 2. The molecule has 3 heterocycles. The second-order valence-corrected chi connectivity index (χ2v) is 6.27. The fourth-order valence-corrected chi connectivity index (χ4v) is 3.38. The highest BCUT2D eigenvalue weighted by Gasteiger charge is 2.33. The zero-order chi connectivity index (χ0) is 17.5. The smallest absolute Gasteiger partial charge is 0.170 e. The van der Waals surface area contributed by atoms with Crippen LogP contribution in [0.15, 0.2) is 70.6 Å². The lowest BCUT2D eigenvalue weighted by Gasteiger charge is -2.31. The monoisotopic (exact) mass is 343 g/mol. The van der Waals surface area contributed by atoms with Gasteiger partial charge in [-0.25, -0.2) is 9.98 Å². The minimum absolute atomic E-state index is 0.582. The first-order valence-electron chi connectivity index (χ1n) is 8.62. The normalized spacial score (nSPS) is 18.3. The maximum absolute atomic E-state index is 10.3. The molecule has 5 rings (SSSR count). The molecule has 6 nitrogen and oxygen atoms in total. The van der Waals surface area contributed by atoms with E-state index in [0.29, 0.717) is 24.5 Å². The SMILES string of the molecule is OC1CCN=C2c3nc(-c4ccccc4)n(-c4ccccc4)c3N=CN21. The number of aliphatic imine (C=N–C) groups is 2. The maximum Gasteiger partial charge on any atom is 0.170 e. The highest BCUT2D eigenvalue weighted by Crippen LogP contribution is 2.35. The number of imidazole rings is 1. The molecular formula is C20H17N5O. The van der Waals surface area contributed by atoms with Gasteiger partial charge < -0.3 is 5.11 Å². The van der Waals surface area contributed by atoms with E-state index in [1.807, 2.05) is 65.2 Å². The molecule has 0 spiro atoms. The van der Waals surface area contributed by atoms with Crippen LogP contribution in [-0.2, 0) is 0 Å². The molecule has 0 saturated carbocycles. The number of nitrogens with zero attached hydrogens (tertiary/aromatic N) is 5. The summed E-state index contributed by atoms with van der Waals surface area (Å²) in [6.45, 7) is 0.582. The Morgan fingerprint density at radius 1 is 0.962 bits per heavy atom. The van der Waals surface area contributed by atoms with Gasteiger partial charge in [-0.15, -0.1) is 0 Å². The summed E-state index contributed by atoms with van der Waals surface area (Å²) < 4.78 is 2.04. The second kappa shape index (κ2) is 5.93. The van der Waals surface area contributed by atoms with Crippen molar-refractivity contribution in [2.45, 2.75) is 12.6 Å². The fraction of sp³-hybridized carbons (Fsp3) is 0.150. The third kappa shape index (κ3) is 2.27. The summed E-state index contributed by atoms with van der Waals surface area (Å²) in [5.41, 5.74) is 2.70. The molecule has 2 aliphatic heterocycles. The summed E-state index contributed by atoms with van der Waals surface area (Å²) in [4.78, 5) is 15.8. The molecule has 0 saturated heterocycles. The molecular weight excluding hydrogens is 326 g/mol. The van der Waals surface area contributed by atoms with E-state index in [-0.39, 0.29) is 0 Å². The summed E-state index contributed by atoms with van der Waals surface area (Å²) in [5, 5.41) is 10.3. The standard InChI is InChI=1S/C20H17N5O/c26-16-11-12-21-19-17-20(22-13-24(16)19)25(15-9-5-2-6-10-15)18(23-17)14-7-3-1-4-8-14/h1-10,13,16,26H,11-12H2. The number of fused-ring (bicyclic) bond motifs is 3. The molecule has 0 bridgehead atoms. The van der Waals surface area contributed by atoms with E-state index in [4.69, 9.17) is 4.98 Å². The average molecular weight is 343 g/mol. The van der Waals surface area contributed by atoms with E-state index in [0.717, 1.165) is 22.9 Å². The number of aliphatic hydroxyl groups is 1. The van der Waals surface area contributed by atoms with Crippen LogP contribution in [-0.4, -0.2) is 44.5 Å². The van der Waals surface area contributed by atoms with Gasteiger partial charge in [0.15, 0.2) is 17.3 Å². The van der Waals surface area contributed by atoms with Crippen molar-refractivity contribution in [3.8, 4) is 17.1 Å². The van der Waals surface area contributed by atoms with Crippen LogP contribution in [0.25, 0.3) is 17.1 Å². The first-order chi connectivity index (χ1) is 12.8. The van der Waals surface area contributed by atoms with Crippen molar-refractivity contribution in [2.24, 2.45) is 9.98 Å². The topological polar surface area (TPSA) is 66.0 Å². The average Bonchev–Trinajstić information content (AvgIpc) is 3.10. The minimum Gasteiger partial charge on any atom is -0.373 e. The predicted octanol–water partition coefficient (Wildman–Crippen LogP) is 2.98. The first-order valence-corrected chi connectivity index (χ1v) is 8.62. The van der Waals surface area contributed by atoms with Gasteiger partial charge in [0.1, 0.15) is 18.4 Å². The number of aromatic nitrogens is 2. The van der Waals surface area contributed by atoms with E-state index < -0.39 is 6.23 Å². The Bertz CT molecular complexity index is 1010. The van der Waals surface area contributed by atoms with Gasteiger partial charge in [-0.2, -0.15) is 0 Å². The number of hydrogen-bond donors (Lipinski definition) is 1. The maximum atomic E-state index is 10.3. The summed E-state index contributed by atoms with van der Waals surface area (Å²) >= 11 is 0. The van der Waals surface area contributed by atoms with Crippen LogP contribution < -0.4 is 0 Å². The summed E-state index contributed by atoms with van der Waals surface area (Å²) in [6, 6.07) is 20.1. The molecule has 2 aromatic carbocycles. The summed E-state index contributed by atoms with van der Waals surface area (Å²) in [6.07, 6.45) is 1.64. The van der Waals surface area contributed by atoms with Crippen LogP contribution in [0.2, 0.25) is 0 Å². The molecule has 0 fully saturated rings. The molecule has 26 heavy (non-hydrogen) atoms. The van der Waals surface area contributed by atoms with Crippen LogP contribution in [0.4, 0.5) is 5.82 Å². The van der Waals surface area contributed by atoms with E-state index >= 15 is 0 Å². The van der Waals surface area contributed by atoms with Crippen molar-refractivity contribution in [3.63, 3.8) is 0 Å². The lowest BCUT2D eigenvalue weighted by atomic mass is 10.2. The van der Waals surface area contributed by atoms with Gasteiger partial charge >= 0.3 is 0 Å². The summed E-state index contributed by atoms with van der Waals surface area (Å²) in [7, 11) is 0. The van der Waals surface area contributed by atoms with Crippen molar-refractivity contribution >= 4 is 18.0 Å². The predicted molar refractivity (Wildman–Crippen MR) is 101 cm³/mol. The molecule has 1 atom stereocenters. The van der Waals surface area contributed by atoms with Crippen LogP contribution in [0, 0.1) is 0 Å². The highest BCUT2D eigenvalue weighted by atomic mass is 16.3. The van der Waals surface area contributed by atoms with Gasteiger partial charge in [-0.3, -0.25) is 14.5 Å². The second-order valence-electron chi connectivity index (χ2n) is 6.27. The van der Waals surface area contributed by atoms with Gasteiger partial charge in [0.25, 0.3) is 0 Å². The van der Waals surface area contributed by atoms with Crippen LogP contribution in [0.1, 0.15) is 12.1 Å². The molecule has 0 radical (unpaired) electrons. The van der Waals surface area contributed by atoms with E-state index in [1.54, 1.807) is 11.2 Å². The molecule has 1 unspecified atom stereocenters. The molecule has 1 N–H and O–H groups in total. The van der Waals surface area contributed by atoms with Crippen LogP contribution in [0.5, 0.6) is 0 Å². The van der Waals surface area contributed by atoms with Crippen molar-refractivity contribution in [3.05, 3.63) is 66.4 Å². The van der Waals surface area contributed by atoms with Crippen LogP contribution in [0.3, 0.4) is 0 Å². The molecule has 1 aromatic heterocycles. The van der Waals surface area contributed by atoms with E-state index in [1.165, 1.54) is 0 Å². The Morgan fingerprint density at radius 3 is 2.46 bits per heavy atom. The van der Waals surface area contributed by atoms with Crippen LogP contribution >= 0.6 is 0 Å². The van der Waals surface area contributed by atoms with Gasteiger partial charge in [0, 0.05) is 24.2 Å². The van der Waals surface area contributed by atoms with Gasteiger partial charge in [0.2, 0.25) is 0 Å². The number of rotatable bonds is 2. The zero-order valence-electron chi connectivity index (χ0n) is 14.0. The molecule has 0 amide bonds.